The van der Waals surface area contributed by atoms with Crippen LogP contribution in [-0.2, 0) is 4.84 Å². The van der Waals surface area contributed by atoms with Gasteiger partial charge in [-0.1, -0.05) is 11.6 Å². The van der Waals surface area contributed by atoms with Crippen molar-refractivity contribution < 1.29 is 14.7 Å². The molecule has 0 aliphatic carbocycles. The molecular weight excluding hydrogens is 218 g/mol. The molecule has 0 aliphatic rings. The molecule has 1 rings (SSSR count). The minimum atomic E-state index is -0.231. The van der Waals surface area contributed by atoms with E-state index in [0.29, 0.717) is 12.1 Å². The Bertz CT molecular complexity index is 405. The molecule has 1 aromatic rings. The maximum absolute atomic E-state index is 12.0. The molecule has 0 radical (unpaired) electrons. The number of aromatic hydroxyl groups is 1. The van der Waals surface area contributed by atoms with E-state index in [2.05, 4.69) is 0 Å². The number of carbonyl (C=O) groups excluding carboxylic acids is 1. The third-order valence-electron chi connectivity index (χ3n) is 2.23. The normalized spacial score (nSPS) is 9.82. The van der Waals surface area contributed by atoms with Crippen molar-refractivity contribution in [1.82, 2.24) is 5.06 Å². The van der Waals surface area contributed by atoms with Crippen LogP contribution in [0.15, 0.2) is 35.9 Å². The van der Waals surface area contributed by atoms with Crippen LogP contribution in [0.5, 0.6) is 5.75 Å². The van der Waals surface area contributed by atoms with Crippen molar-refractivity contribution in [1.29, 1.82) is 0 Å². The van der Waals surface area contributed by atoms with Gasteiger partial charge < -0.3 is 5.11 Å². The van der Waals surface area contributed by atoms with Crippen molar-refractivity contribution in [2.75, 3.05) is 13.7 Å². The Labute approximate surface area is 101 Å². The smallest absolute Gasteiger partial charge is 0.277 e. The summed E-state index contributed by atoms with van der Waals surface area (Å²) in [6.07, 6.45) is 1.90. The fourth-order valence-electron chi connectivity index (χ4n) is 1.25. The highest BCUT2D eigenvalue weighted by atomic mass is 16.7. The van der Waals surface area contributed by atoms with Gasteiger partial charge in [0, 0.05) is 5.56 Å². The Hall–Kier alpha value is -1.81. The average Bonchev–Trinajstić information content (AvgIpc) is 2.30. The molecule has 0 spiro atoms. The van der Waals surface area contributed by atoms with Gasteiger partial charge in [0.05, 0.1) is 13.7 Å². The standard InChI is InChI=1S/C13H17NO3/c1-10(2)8-9-14(17-3)13(16)11-4-6-12(15)7-5-11/h4-8,15H,9H2,1-3H3. The molecule has 0 saturated carbocycles. The van der Waals surface area contributed by atoms with Crippen molar-refractivity contribution in [2.45, 2.75) is 13.8 Å². The van der Waals surface area contributed by atoms with Gasteiger partial charge in [0.15, 0.2) is 0 Å². The summed E-state index contributed by atoms with van der Waals surface area (Å²) in [6, 6.07) is 6.07. The van der Waals surface area contributed by atoms with Gasteiger partial charge in [-0.3, -0.25) is 9.63 Å². The lowest BCUT2D eigenvalue weighted by atomic mass is 10.2. The third-order valence-corrected chi connectivity index (χ3v) is 2.23. The third kappa shape index (κ3) is 3.92. The first-order valence-electron chi connectivity index (χ1n) is 5.33. The molecular formula is C13H17NO3. The number of allylic oxidation sites excluding steroid dienone is 1. The molecule has 1 N–H and O–H groups in total. The summed E-state index contributed by atoms with van der Waals surface area (Å²) in [5.41, 5.74) is 1.59. The SMILES string of the molecule is CON(CC=C(C)C)C(=O)c1ccc(O)cc1. The number of phenolic OH excluding ortho intramolecular Hbond substituents is 1. The summed E-state index contributed by atoms with van der Waals surface area (Å²) >= 11 is 0. The van der Waals surface area contributed by atoms with Gasteiger partial charge >= 0.3 is 0 Å². The van der Waals surface area contributed by atoms with Crippen LogP contribution in [0.25, 0.3) is 0 Å². The van der Waals surface area contributed by atoms with E-state index in [1.54, 1.807) is 12.1 Å². The Morgan fingerprint density at radius 1 is 1.35 bits per heavy atom. The van der Waals surface area contributed by atoms with E-state index < -0.39 is 0 Å². The first-order valence-corrected chi connectivity index (χ1v) is 5.33. The Balaban J connectivity index is 2.79. The van der Waals surface area contributed by atoms with Crippen LogP contribution in [0.1, 0.15) is 24.2 Å². The minimum absolute atomic E-state index is 0.134. The highest BCUT2D eigenvalue weighted by molar-refractivity contribution is 5.93. The molecule has 4 nitrogen and oxygen atoms in total. The van der Waals surface area contributed by atoms with Crippen molar-refractivity contribution in [3.8, 4) is 5.75 Å². The second-order valence-electron chi connectivity index (χ2n) is 3.88. The lowest BCUT2D eigenvalue weighted by molar-refractivity contribution is -0.0871. The van der Waals surface area contributed by atoms with Crippen molar-refractivity contribution in [2.24, 2.45) is 0 Å². The molecule has 0 fully saturated rings. The van der Waals surface area contributed by atoms with Crippen molar-refractivity contribution in [3.05, 3.63) is 41.5 Å². The summed E-state index contributed by atoms with van der Waals surface area (Å²) in [5.74, 6) is -0.0974. The van der Waals surface area contributed by atoms with Crippen LogP contribution < -0.4 is 0 Å². The number of hydrogen-bond acceptors (Lipinski definition) is 3. The number of nitrogens with zero attached hydrogens (tertiary/aromatic N) is 1. The monoisotopic (exact) mass is 235 g/mol. The molecule has 0 bridgehead atoms. The molecule has 0 saturated heterocycles. The number of amides is 1. The number of hydroxylamine groups is 2. The van der Waals surface area contributed by atoms with Gasteiger partial charge in [-0.2, -0.15) is 0 Å². The summed E-state index contributed by atoms with van der Waals surface area (Å²) in [5, 5.41) is 10.4. The molecule has 0 heterocycles. The number of hydrogen-bond donors (Lipinski definition) is 1. The zero-order valence-electron chi connectivity index (χ0n) is 10.3. The largest absolute Gasteiger partial charge is 0.508 e. The van der Waals surface area contributed by atoms with Gasteiger partial charge in [-0.05, 0) is 38.1 Å². The Kier molecular flexibility index (Phi) is 4.72. The van der Waals surface area contributed by atoms with Gasteiger partial charge in [0.1, 0.15) is 5.75 Å². The van der Waals surface area contributed by atoms with Gasteiger partial charge in [0.25, 0.3) is 5.91 Å². The lowest BCUT2D eigenvalue weighted by Crippen LogP contribution is -2.30. The van der Waals surface area contributed by atoms with Crippen LogP contribution in [-0.4, -0.2) is 29.7 Å². The van der Waals surface area contributed by atoms with Crippen molar-refractivity contribution >= 4 is 5.91 Å². The molecule has 1 aromatic carbocycles. The fourth-order valence-corrected chi connectivity index (χ4v) is 1.25. The van der Waals surface area contributed by atoms with Crippen LogP contribution in [0.4, 0.5) is 0 Å². The van der Waals surface area contributed by atoms with Crippen LogP contribution >= 0.6 is 0 Å². The maximum Gasteiger partial charge on any atom is 0.277 e. The molecule has 0 unspecified atom stereocenters. The number of phenols is 1. The molecule has 1 amide bonds. The van der Waals surface area contributed by atoms with Gasteiger partial charge in [0.2, 0.25) is 0 Å². The van der Waals surface area contributed by atoms with E-state index in [0.717, 1.165) is 5.57 Å². The van der Waals surface area contributed by atoms with E-state index in [1.807, 2.05) is 19.9 Å². The quantitative estimate of drug-likeness (QED) is 0.643. The highest BCUT2D eigenvalue weighted by Crippen LogP contribution is 2.12. The van der Waals surface area contributed by atoms with E-state index in [-0.39, 0.29) is 11.7 Å². The highest BCUT2D eigenvalue weighted by Gasteiger charge is 2.14. The van der Waals surface area contributed by atoms with Crippen LogP contribution in [0.3, 0.4) is 0 Å². The molecule has 0 aromatic heterocycles. The van der Waals surface area contributed by atoms with Gasteiger partial charge in [-0.25, -0.2) is 5.06 Å². The van der Waals surface area contributed by atoms with Crippen LogP contribution in [0.2, 0.25) is 0 Å². The Morgan fingerprint density at radius 3 is 2.41 bits per heavy atom. The van der Waals surface area contributed by atoms with E-state index in [9.17, 15) is 4.79 Å². The summed E-state index contributed by atoms with van der Waals surface area (Å²) in [4.78, 5) is 17.0. The van der Waals surface area contributed by atoms with E-state index in [4.69, 9.17) is 9.94 Å². The molecule has 0 atom stereocenters. The summed E-state index contributed by atoms with van der Waals surface area (Å²) < 4.78 is 0. The predicted molar refractivity (Wildman–Crippen MR) is 65.6 cm³/mol. The second kappa shape index (κ2) is 6.06. The zero-order valence-corrected chi connectivity index (χ0v) is 10.3. The first-order chi connectivity index (χ1) is 8.04. The first kappa shape index (κ1) is 13.3. The van der Waals surface area contributed by atoms with Crippen LogP contribution in [0, 0.1) is 0 Å². The summed E-state index contributed by atoms with van der Waals surface area (Å²) in [6.45, 7) is 4.32. The summed E-state index contributed by atoms with van der Waals surface area (Å²) in [7, 11) is 1.46. The predicted octanol–water partition coefficient (Wildman–Crippen LogP) is 2.36. The topological polar surface area (TPSA) is 49.8 Å². The molecule has 17 heavy (non-hydrogen) atoms. The second-order valence-corrected chi connectivity index (χ2v) is 3.88. The number of benzene rings is 1. The van der Waals surface area contributed by atoms with E-state index in [1.165, 1.54) is 24.3 Å². The fraction of sp³-hybridized carbons (Fsp3) is 0.308. The molecule has 4 heteroatoms. The number of rotatable bonds is 4. The molecule has 92 valence electrons. The maximum atomic E-state index is 12.0. The number of carbonyl (C=O) groups is 1. The lowest BCUT2D eigenvalue weighted by Gasteiger charge is -2.18. The zero-order chi connectivity index (χ0) is 12.8. The van der Waals surface area contributed by atoms with Crippen molar-refractivity contribution in [3.63, 3.8) is 0 Å². The molecule has 0 aliphatic heterocycles. The van der Waals surface area contributed by atoms with E-state index >= 15 is 0 Å². The average molecular weight is 235 g/mol. The Morgan fingerprint density at radius 2 is 1.94 bits per heavy atom. The minimum Gasteiger partial charge on any atom is -0.508 e. The van der Waals surface area contributed by atoms with Gasteiger partial charge in [-0.15, -0.1) is 0 Å².